The van der Waals surface area contributed by atoms with Crippen molar-refractivity contribution < 1.29 is 14.3 Å². The van der Waals surface area contributed by atoms with Gasteiger partial charge in [0.2, 0.25) is 5.91 Å². The molecule has 1 heterocycles. The van der Waals surface area contributed by atoms with Gasteiger partial charge in [0, 0.05) is 6.54 Å². The van der Waals surface area contributed by atoms with Crippen LogP contribution in [0.1, 0.15) is 31.7 Å². The summed E-state index contributed by atoms with van der Waals surface area (Å²) in [5, 5.41) is 8.33. The second-order valence-corrected chi connectivity index (χ2v) is 5.86. The van der Waals surface area contributed by atoms with Crippen LogP contribution in [0.15, 0.2) is 30.3 Å². The fraction of sp³-hybridized carbons (Fsp3) is 0.529. The molecule has 0 saturated carbocycles. The Labute approximate surface area is 137 Å². The van der Waals surface area contributed by atoms with Crippen LogP contribution >= 0.6 is 0 Å². The van der Waals surface area contributed by atoms with Crippen molar-refractivity contribution in [2.75, 3.05) is 13.2 Å². The first kappa shape index (κ1) is 17.3. The molecule has 2 atom stereocenters. The number of benzene rings is 1. The Balaban J connectivity index is 1.66. The number of amides is 3. The van der Waals surface area contributed by atoms with E-state index in [-0.39, 0.29) is 18.0 Å². The Kier molecular flexibility index (Phi) is 6.87. The lowest BCUT2D eigenvalue weighted by molar-refractivity contribution is -0.122. The molecule has 2 unspecified atom stereocenters. The van der Waals surface area contributed by atoms with E-state index in [4.69, 9.17) is 4.74 Å². The molecule has 1 aromatic rings. The van der Waals surface area contributed by atoms with Crippen LogP contribution < -0.4 is 16.0 Å². The summed E-state index contributed by atoms with van der Waals surface area (Å²) in [5.41, 5.74) is 1.10. The Morgan fingerprint density at radius 1 is 1.35 bits per heavy atom. The molecule has 1 aromatic carbocycles. The molecule has 1 aliphatic rings. The lowest BCUT2D eigenvalue weighted by Crippen LogP contribution is -2.51. The molecule has 0 aromatic heterocycles. The number of hydrogen-bond donors (Lipinski definition) is 3. The Morgan fingerprint density at radius 2 is 2.13 bits per heavy atom. The maximum absolute atomic E-state index is 12.0. The Morgan fingerprint density at radius 3 is 2.91 bits per heavy atom. The second-order valence-electron chi connectivity index (χ2n) is 5.86. The first-order chi connectivity index (χ1) is 11.1. The van der Waals surface area contributed by atoms with Crippen LogP contribution in [0.2, 0.25) is 0 Å². The van der Waals surface area contributed by atoms with E-state index < -0.39 is 6.04 Å². The second kappa shape index (κ2) is 9.15. The zero-order chi connectivity index (χ0) is 16.5. The Bertz CT molecular complexity index is 507. The van der Waals surface area contributed by atoms with Crippen molar-refractivity contribution in [3.63, 3.8) is 0 Å². The molecular weight excluding hydrogens is 294 g/mol. The summed E-state index contributed by atoms with van der Waals surface area (Å²) in [6.07, 6.45) is 2.56. The maximum atomic E-state index is 12.0. The van der Waals surface area contributed by atoms with E-state index in [9.17, 15) is 9.59 Å². The van der Waals surface area contributed by atoms with E-state index in [0.717, 1.165) is 18.4 Å². The highest BCUT2D eigenvalue weighted by Crippen LogP contribution is 2.05. The Hall–Kier alpha value is -2.08. The number of carbonyl (C=O) groups excluding carboxylic acids is 2. The van der Waals surface area contributed by atoms with Gasteiger partial charge in [0.25, 0.3) is 0 Å². The van der Waals surface area contributed by atoms with Crippen molar-refractivity contribution in [1.82, 2.24) is 16.0 Å². The van der Waals surface area contributed by atoms with Gasteiger partial charge in [-0.25, -0.2) is 4.79 Å². The quantitative estimate of drug-likeness (QED) is 0.744. The minimum absolute atomic E-state index is 0.106. The average molecular weight is 319 g/mol. The number of carbonyl (C=O) groups is 2. The molecule has 0 aliphatic carbocycles. The maximum Gasteiger partial charge on any atom is 0.315 e. The van der Waals surface area contributed by atoms with Gasteiger partial charge in [0.1, 0.15) is 6.04 Å². The van der Waals surface area contributed by atoms with Crippen LogP contribution in [-0.2, 0) is 16.1 Å². The predicted molar refractivity (Wildman–Crippen MR) is 87.9 cm³/mol. The molecule has 0 bridgehead atoms. The van der Waals surface area contributed by atoms with Crippen molar-refractivity contribution in [3.8, 4) is 0 Å². The summed E-state index contributed by atoms with van der Waals surface area (Å²) in [4.78, 5) is 23.7. The van der Waals surface area contributed by atoms with Crippen molar-refractivity contribution in [3.05, 3.63) is 35.9 Å². The molecule has 1 saturated heterocycles. The molecule has 2 rings (SSSR count). The zero-order valence-corrected chi connectivity index (χ0v) is 13.5. The number of ether oxygens (including phenoxy) is 1. The highest BCUT2D eigenvalue weighted by Gasteiger charge is 2.22. The van der Waals surface area contributed by atoms with Crippen LogP contribution in [0.4, 0.5) is 4.79 Å². The van der Waals surface area contributed by atoms with Gasteiger partial charge in [-0.3, -0.25) is 4.79 Å². The monoisotopic (exact) mass is 319 g/mol. The molecule has 0 radical (unpaired) electrons. The topological polar surface area (TPSA) is 79.5 Å². The van der Waals surface area contributed by atoms with E-state index in [2.05, 4.69) is 16.0 Å². The molecule has 3 N–H and O–H groups in total. The molecule has 3 amide bonds. The lowest BCUT2D eigenvalue weighted by atomic mass is 10.1. The third-order valence-corrected chi connectivity index (χ3v) is 3.70. The SMILES string of the molecule is CC(COCc1ccccc1)NC(=O)NC1CCCCNC1=O. The highest BCUT2D eigenvalue weighted by atomic mass is 16.5. The summed E-state index contributed by atoms with van der Waals surface area (Å²) in [7, 11) is 0. The summed E-state index contributed by atoms with van der Waals surface area (Å²) < 4.78 is 5.59. The predicted octanol–water partition coefficient (Wildman–Crippen LogP) is 1.56. The van der Waals surface area contributed by atoms with Crippen LogP contribution in [0.3, 0.4) is 0 Å². The number of hydrogen-bond acceptors (Lipinski definition) is 3. The van der Waals surface area contributed by atoms with Gasteiger partial charge in [-0.15, -0.1) is 0 Å². The van der Waals surface area contributed by atoms with E-state index in [1.807, 2.05) is 37.3 Å². The number of rotatable bonds is 6. The van der Waals surface area contributed by atoms with E-state index >= 15 is 0 Å². The standard InChI is InChI=1S/C17H25N3O3/c1-13(11-23-12-14-7-3-2-4-8-14)19-17(22)20-15-9-5-6-10-18-16(15)21/h2-4,7-8,13,15H,5-6,9-12H2,1H3,(H,18,21)(H2,19,20,22). The van der Waals surface area contributed by atoms with Crippen LogP contribution in [0.5, 0.6) is 0 Å². The number of nitrogens with one attached hydrogen (secondary N) is 3. The third-order valence-electron chi connectivity index (χ3n) is 3.70. The van der Waals surface area contributed by atoms with Gasteiger partial charge in [-0.05, 0) is 31.7 Å². The first-order valence-electron chi connectivity index (χ1n) is 8.11. The van der Waals surface area contributed by atoms with Crippen molar-refractivity contribution >= 4 is 11.9 Å². The minimum Gasteiger partial charge on any atom is -0.375 e. The van der Waals surface area contributed by atoms with Gasteiger partial charge in [-0.2, -0.15) is 0 Å². The van der Waals surface area contributed by atoms with Crippen molar-refractivity contribution in [2.45, 2.75) is 44.9 Å². The summed E-state index contributed by atoms with van der Waals surface area (Å²) in [5.74, 6) is -0.106. The fourth-order valence-corrected chi connectivity index (χ4v) is 2.47. The van der Waals surface area contributed by atoms with E-state index in [0.29, 0.717) is 26.2 Å². The van der Waals surface area contributed by atoms with E-state index in [1.54, 1.807) is 0 Å². The highest BCUT2D eigenvalue weighted by molar-refractivity contribution is 5.87. The zero-order valence-electron chi connectivity index (χ0n) is 13.5. The normalized spacial score (nSPS) is 19.3. The first-order valence-corrected chi connectivity index (χ1v) is 8.11. The molecule has 6 nitrogen and oxygen atoms in total. The molecule has 126 valence electrons. The van der Waals surface area contributed by atoms with Gasteiger partial charge in [0.05, 0.1) is 19.3 Å². The molecule has 6 heteroatoms. The van der Waals surface area contributed by atoms with Gasteiger partial charge < -0.3 is 20.7 Å². The average Bonchev–Trinajstić information content (AvgIpc) is 2.73. The van der Waals surface area contributed by atoms with Crippen LogP contribution in [0, 0.1) is 0 Å². The van der Waals surface area contributed by atoms with Crippen molar-refractivity contribution in [1.29, 1.82) is 0 Å². The molecule has 1 fully saturated rings. The molecule has 1 aliphatic heterocycles. The van der Waals surface area contributed by atoms with Crippen LogP contribution in [0.25, 0.3) is 0 Å². The lowest BCUT2D eigenvalue weighted by Gasteiger charge is -2.19. The third kappa shape index (κ3) is 6.28. The van der Waals surface area contributed by atoms with Gasteiger partial charge in [-0.1, -0.05) is 30.3 Å². The molecule has 23 heavy (non-hydrogen) atoms. The molecular formula is C17H25N3O3. The fourth-order valence-electron chi connectivity index (χ4n) is 2.47. The smallest absolute Gasteiger partial charge is 0.315 e. The van der Waals surface area contributed by atoms with Crippen LogP contribution in [-0.4, -0.2) is 37.2 Å². The summed E-state index contributed by atoms with van der Waals surface area (Å²) in [6.45, 7) is 3.48. The van der Waals surface area contributed by atoms with Gasteiger partial charge in [0.15, 0.2) is 0 Å². The summed E-state index contributed by atoms with van der Waals surface area (Å²) >= 11 is 0. The summed E-state index contributed by atoms with van der Waals surface area (Å²) in [6, 6.07) is 8.97. The molecule has 0 spiro atoms. The minimum atomic E-state index is -0.449. The van der Waals surface area contributed by atoms with Crippen molar-refractivity contribution in [2.24, 2.45) is 0 Å². The number of urea groups is 1. The largest absolute Gasteiger partial charge is 0.375 e. The van der Waals surface area contributed by atoms with E-state index in [1.165, 1.54) is 0 Å². The van der Waals surface area contributed by atoms with Gasteiger partial charge >= 0.3 is 6.03 Å².